The average Bonchev–Trinajstić information content (AvgIpc) is 4.06. The molecule has 0 saturated heterocycles. The fraction of sp³-hybridized carbons (Fsp3) is 0.422. The van der Waals surface area contributed by atoms with Gasteiger partial charge in [0, 0.05) is 97.9 Å². The third-order valence-electron chi connectivity index (χ3n) is 13.0. The van der Waals surface area contributed by atoms with Crippen molar-refractivity contribution in [3.8, 4) is 5.75 Å². The van der Waals surface area contributed by atoms with Crippen LogP contribution in [0.15, 0.2) is 41.3 Å². The zero-order valence-electron chi connectivity index (χ0n) is 33.0. The Morgan fingerprint density at radius 3 is 1.91 bits per heavy atom. The van der Waals surface area contributed by atoms with E-state index in [9.17, 15) is 19.2 Å². The Hall–Kier alpha value is -4.62. The molecule has 2 aromatic carbocycles. The van der Waals surface area contributed by atoms with Gasteiger partial charge in [-0.05, 0) is 80.4 Å². The highest BCUT2D eigenvalue weighted by Crippen LogP contribution is 2.50. The van der Waals surface area contributed by atoms with Crippen molar-refractivity contribution in [3.05, 3.63) is 74.0 Å². The van der Waals surface area contributed by atoms with Gasteiger partial charge in [-0.1, -0.05) is 20.8 Å². The number of fused-ring (bicyclic) bond motifs is 14. The van der Waals surface area contributed by atoms with Gasteiger partial charge in [0.1, 0.15) is 25.3 Å². The fourth-order valence-electron chi connectivity index (χ4n) is 9.88. The molecule has 1 atom stereocenters. The Balaban J connectivity index is 0.944. The highest BCUT2D eigenvalue weighted by molar-refractivity contribution is 7.25. The topological polar surface area (TPSA) is 98.8 Å². The van der Waals surface area contributed by atoms with Crippen molar-refractivity contribution >= 4 is 92.3 Å². The summed E-state index contributed by atoms with van der Waals surface area (Å²) in [4.78, 5) is 60.6. The summed E-state index contributed by atoms with van der Waals surface area (Å²) in [6.45, 7) is 13.3. The summed E-state index contributed by atoms with van der Waals surface area (Å²) in [6.07, 6.45) is 5.15. The van der Waals surface area contributed by atoms with E-state index in [1.54, 1.807) is 34.3 Å². The molecule has 0 fully saturated rings. The zero-order valence-corrected chi connectivity index (χ0v) is 34.7. The van der Waals surface area contributed by atoms with Crippen LogP contribution in [-0.2, 0) is 33.0 Å². The molecule has 57 heavy (non-hydrogen) atoms. The predicted molar refractivity (Wildman–Crippen MR) is 231 cm³/mol. The van der Waals surface area contributed by atoms with Gasteiger partial charge in [0.15, 0.2) is 23.1 Å². The van der Waals surface area contributed by atoms with E-state index in [0.717, 1.165) is 140 Å². The molecule has 0 saturated carbocycles. The molecular weight excluding hydrogens is 755 g/mol. The minimum absolute atomic E-state index is 0.00221. The quantitative estimate of drug-likeness (QED) is 0.123. The SMILES string of the molecule is CCN(CC)CCn1c2ccc3c(c2c2c4c(sc21)C(=O)CC(CCN(CC)CCn1c2ccc5c(c2c2c6ccn(C)c(=O)c6sc21)CCC5=O)O4)CCC3=O. The Bertz CT molecular complexity index is 2900. The summed E-state index contributed by atoms with van der Waals surface area (Å²) < 4.78 is 14.0. The van der Waals surface area contributed by atoms with Crippen molar-refractivity contribution in [2.45, 2.75) is 78.5 Å². The van der Waals surface area contributed by atoms with Gasteiger partial charge in [-0.3, -0.25) is 19.2 Å². The number of ether oxygens (including phenoxy) is 1. The van der Waals surface area contributed by atoms with Crippen LogP contribution < -0.4 is 10.3 Å². The maximum atomic E-state index is 13.9. The minimum atomic E-state index is -0.248. The first-order chi connectivity index (χ1) is 27.7. The van der Waals surface area contributed by atoms with E-state index in [4.69, 9.17) is 4.74 Å². The van der Waals surface area contributed by atoms with E-state index < -0.39 is 0 Å². The van der Waals surface area contributed by atoms with E-state index in [-0.39, 0.29) is 29.0 Å². The first-order valence-electron chi connectivity index (χ1n) is 20.6. The molecule has 0 N–H and O–H groups in total. The maximum absolute atomic E-state index is 13.9. The van der Waals surface area contributed by atoms with Gasteiger partial charge in [0.25, 0.3) is 5.56 Å². The van der Waals surface area contributed by atoms with Crippen molar-refractivity contribution in [1.82, 2.24) is 23.5 Å². The lowest BCUT2D eigenvalue weighted by Crippen LogP contribution is -2.34. The average molecular weight is 802 g/mol. The third kappa shape index (κ3) is 5.61. The second-order valence-corrected chi connectivity index (χ2v) is 17.9. The number of hydrogen-bond acceptors (Lipinski definition) is 9. The molecule has 0 bridgehead atoms. The standard InChI is InChI=1S/C45H47N5O5S2/c1-5-47(6-2)20-22-50-32-13-9-27-29(11-15-34(27)52)37(32)39-40-42(57-45(39)50)35(53)24-25(55-40)16-19-48(7-3)21-23-49-31-12-8-26-28(10-14-33(26)51)36(31)38-30-17-18-46(4)43(54)41(30)56-44(38)49/h8-9,12-13,17-18,25H,5-7,10-11,14-16,19-24H2,1-4H3. The number of carbonyl (C=O) groups is 3. The van der Waals surface area contributed by atoms with E-state index in [0.29, 0.717) is 36.3 Å². The molecule has 7 aromatic rings. The van der Waals surface area contributed by atoms with Crippen LogP contribution in [-0.4, -0.2) is 86.2 Å². The second-order valence-electron chi connectivity index (χ2n) is 15.9. The molecule has 0 amide bonds. The maximum Gasteiger partial charge on any atom is 0.268 e. The van der Waals surface area contributed by atoms with Crippen LogP contribution >= 0.6 is 22.7 Å². The minimum Gasteiger partial charge on any atom is -0.488 e. The van der Waals surface area contributed by atoms with Gasteiger partial charge >= 0.3 is 0 Å². The molecule has 0 radical (unpaired) electrons. The molecule has 10 rings (SSSR count). The summed E-state index contributed by atoms with van der Waals surface area (Å²) in [7, 11) is 1.79. The number of nitrogens with zero attached hydrogens (tertiary/aromatic N) is 5. The lowest BCUT2D eigenvalue weighted by atomic mass is 10.0. The van der Waals surface area contributed by atoms with Gasteiger partial charge in [0.2, 0.25) is 0 Å². The molecular formula is C45H47N5O5S2. The Labute approximate surface area is 338 Å². The van der Waals surface area contributed by atoms with Crippen molar-refractivity contribution in [3.63, 3.8) is 0 Å². The largest absolute Gasteiger partial charge is 0.488 e. The van der Waals surface area contributed by atoms with Crippen LogP contribution in [0.25, 0.3) is 52.3 Å². The molecule has 3 aliphatic rings. The second kappa shape index (κ2) is 14.0. The van der Waals surface area contributed by atoms with Crippen molar-refractivity contribution < 1.29 is 19.1 Å². The van der Waals surface area contributed by atoms with Gasteiger partial charge in [-0.15, -0.1) is 22.7 Å². The van der Waals surface area contributed by atoms with E-state index >= 15 is 0 Å². The van der Waals surface area contributed by atoms with Gasteiger partial charge in [-0.2, -0.15) is 0 Å². The van der Waals surface area contributed by atoms with Crippen LogP contribution in [0, 0.1) is 0 Å². The molecule has 6 heterocycles. The molecule has 5 aromatic heterocycles. The Morgan fingerprint density at radius 1 is 0.684 bits per heavy atom. The predicted octanol–water partition coefficient (Wildman–Crippen LogP) is 8.22. The summed E-state index contributed by atoms with van der Waals surface area (Å²) in [5.74, 6) is 1.24. The Kier molecular flexibility index (Phi) is 9.04. The monoisotopic (exact) mass is 801 g/mol. The number of likely N-dealkylation sites (N-methyl/N-ethyl adjacent to an activating group) is 2. The molecule has 0 spiro atoms. The summed E-state index contributed by atoms with van der Waals surface area (Å²) in [5, 5.41) is 5.28. The number of aryl methyl sites for hydroxylation is 3. The van der Waals surface area contributed by atoms with Crippen LogP contribution in [0.3, 0.4) is 0 Å². The smallest absolute Gasteiger partial charge is 0.268 e. The van der Waals surface area contributed by atoms with Crippen LogP contribution in [0.4, 0.5) is 0 Å². The summed E-state index contributed by atoms with van der Waals surface area (Å²) in [5.41, 5.74) is 6.07. The Morgan fingerprint density at radius 2 is 1.28 bits per heavy atom. The number of pyridine rings is 1. The number of benzene rings is 2. The number of hydrogen-bond donors (Lipinski definition) is 0. The van der Waals surface area contributed by atoms with Crippen molar-refractivity contribution in [2.24, 2.45) is 7.05 Å². The highest BCUT2D eigenvalue weighted by atomic mass is 32.1. The van der Waals surface area contributed by atoms with Crippen LogP contribution in [0.1, 0.15) is 88.0 Å². The number of Topliss-reactive ketones (excluding diaryl/α,β-unsaturated/α-hetero) is 3. The molecule has 1 aliphatic heterocycles. The fourth-order valence-corrected chi connectivity index (χ4v) is 12.4. The number of carbonyl (C=O) groups excluding carboxylic acids is 3. The molecule has 10 nitrogen and oxygen atoms in total. The first-order valence-corrected chi connectivity index (χ1v) is 22.2. The van der Waals surface area contributed by atoms with Gasteiger partial charge < -0.3 is 28.2 Å². The lowest BCUT2D eigenvalue weighted by Gasteiger charge is -2.27. The van der Waals surface area contributed by atoms with Crippen LogP contribution in [0.5, 0.6) is 5.75 Å². The summed E-state index contributed by atoms with van der Waals surface area (Å²) >= 11 is 3.11. The molecule has 294 valence electrons. The van der Waals surface area contributed by atoms with Gasteiger partial charge in [0.05, 0.1) is 16.4 Å². The van der Waals surface area contributed by atoms with E-state index in [1.807, 2.05) is 24.4 Å². The van der Waals surface area contributed by atoms with E-state index in [2.05, 4.69) is 51.8 Å². The number of rotatable bonds is 12. The van der Waals surface area contributed by atoms with Gasteiger partial charge in [-0.25, -0.2) is 0 Å². The van der Waals surface area contributed by atoms with Crippen molar-refractivity contribution in [1.29, 1.82) is 0 Å². The third-order valence-corrected chi connectivity index (χ3v) is 15.5. The molecule has 12 heteroatoms. The zero-order chi connectivity index (χ0) is 39.3. The first kappa shape index (κ1) is 36.7. The normalized spacial score (nSPS) is 16.8. The summed E-state index contributed by atoms with van der Waals surface area (Å²) in [6, 6.07) is 10.2. The number of aromatic nitrogens is 3. The number of thiophene rings is 2. The van der Waals surface area contributed by atoms with E-state index in [1.165, 1.54) is 0 Å². The van der Waals surface area contributed by atoms with Crippen molar-refractivity contribution in [2.75, 3.05) is 39.3 Å². The highest BCUT2D eigenvalue weighted by Gasteiger charge is 2.35. The molecule has 1 unspecified atom stereocenters. The molecule has 2 aliphatic carbocycles. The number of ketones is 3. The lowest BCUT2D eigenvalue weighted by molar-refractivity contribution is 0.0829. The van der Waals surface area contributed by atoms with Crippen LogP contribution in [0.2, 0.25) is 0 Å².